The molecule has 4 heteroatoms. The molecule has 2 heterocycles. The van der Waals surface area contributed by atoms with Crippen LogP contribution in [0.1, 0.15) is 32.6 Å². The minimum Gasteiger partial charge on any atom is -0.379 e. The molecule has 0 aromatic heterocycles. The van der Waals surface area contributed by atoms with Gasteiger partial charge in [-0.05, 0) is 32.2 Å². The van der Waals surface area contributed by atoms with Gasteiger partial charge in [0.1, 0.15) is 0 Å². The molecule has 3 rings (SSSR count). The molecule has 19 heavy (non-hydrogen) atoms. The summed E-state index contributed by atoms with van der Waals surface area (Å²) in [5.41, 5.74) is 0. The van der Waals surface area contributed by atoms with Gasteiger partial charge >= 0.3 is 0 Å². The Morgan fingerprint density at radius 2 is 2.05 bits per heavy atom. The van der Waals surface area contributed by atoms with E-state index in [9.17, 15) is 0 Å². The number of hydrogen-bond donors (Lipinski definition) is 2. The van der Waals surface area contributed by atoms with Crippen molar-refractivity contribution >= 4 is 0 Å². The zero-order valence-corrected chi connectivity index (χ0v) is 12.2. The van der Waals surface area contributed by atoms with Crippen molar-refractivity contribution in [3.63, 3.8) is 0 Å². The Morgan fingerprint density at radius 3 is 2.84 bits per heavy atom. The van der Waals surface area contributed by atoms with Crippen LogP contribution in [-0.2, 0) is 4.74 Å². The van der Waals surface area contributed by atoms with Gasteiger partial charge in [0.2, 0.25) is 0 Å². The maximum Gasteiger partial charge on any atom is 0.0623 e. The fourth-order valence-electron chi connectivity index (χ4n) is 3.40. The van der Waals surface area contributed by atoms with Crippen molar-refractivity contribution in [3.05, 3.63) is 0 Å². The first kappa shape index (κ1) is 13.8. The molecule has 0 aromatic rings. The number of hydrogen-bond acceptors (Lipinski definition) is 4. The summed E-state index contributed by atoms with van der Waals surface area (Å²) in [4.78, 5) is 2.68. The van der Waals surface area contributed by atoms with E-state index in [1.54, 1.807) is 0 Å². The molecule has 110 valence electrons. The Morgan fingerprint density at radius 1 is 1.16 bits per heavy atom. The third kappa shape index (κ3) is 3.69. The molecule has 2 N–H and O–H groups in total. The van der Waals surface area contributed by atoms with Gasteiger partial charge in [-0.2, -0.15) is 0 Å². The summed E-state index contributed by atoms with van der Waals surface area (Å²) in [6.45, 7) is 8.85. The van der Waals surface area contributed by atoms with Crippen LogP contribution in [0.2, 0.25) is 0 Å². The summed E-state index contributed by atoms with van der Waals surface area (Å²) in [6, 6.07) is 2.21. The zero-order valence-electron chi connectivity index (χ0n) is 12.2. The van der Waals surface area contributed by atoms with Crippen molar-refractivity contribution in [2.75, 3.05) is 39.4 Å². The summed E-state index contributed by atoms with van der Waals surface area (Å²) in [7, 11) is 0. The van der Waals surface area contributed by atoms with Crippen LogP contribution in [0, 0.1) is 5.92 Å². The van der Waals surface area contributed by atoms with Gasteiger partial charge in [-0.3, -0.25) is 4.90 Å². The molecule has 0 aromatic carbocycles. The smallest absolute Gasteiger partial charge is 0.0623 e. The van der Waals surface area contributed by atoms with Crippen LogP contribution in [0.25, 0.3) is 0 Å². The monoisotopic (exact) mass is 267 g/mol. The lowest BCUT2D eigenvalue weighted by molar-refractivity contribution is 0.181. The van der Waals surface area contributed by atoms with Crippen LogP contribution in [0.5, 0.6) is 0 Å². The van der Waals surface area contributed by atoms with E-state index < -0.39 is 0 Å². The zero-order chi connectivity index (χ0) is 13.1. The van der Waals surface area contributed by atoms with Crippen molar-refractivity contribution < 1.29 is 4.74 Å². The van der Waals surface area contributed by atoms with Gasteiger partial charge in [-0.15, -0.1) is 0 Å². The molecule has 1 aliphatic carbocycles. The van der Waals surface area contributed by atoms with E-state index in [4.69, 9.17) is 4.74 Å². The Bertz CT molecular complexity index is 283. The summed E-state index contributed by atoms with van der Waals surface area (Å²) in [6.07, 6.45) is 5.41. The highest BCUT2D eigenvalue weighted by Gasteiger charge is 2.35. The lowest BCUT2D eigenvalue weighted by Crippen LogP contribution is -2.43. The Hall–Kier alpha value is -0.160. The van der Waals surface area contributed by atoms with Gasteiger partial charge in [0.15, 0.2) is 0 Å². The van der Waals surface area contributed by atoms with E-state index in [-0.39, 0.29) is 0 Å². The molecule has 0 spiro atoms. The predicted octanol–water partition coefficient (Wildman–Crippen LogP) is 0.827. The minimum absolute atomic E-state index is 0.563. The second-order valence-electron chi connectivity index (χ2n) is 6.48. The van der Waals surface area contributed by atoms with Crippen molar-refractivity contribution in [1.29, 1.82) is 0 Å². The summed E-state index contributed by atoms with van der Waals surface area (Å²) in [5, 5.41) is 7.40. The molecule has 1 saturated carbocycles. The second-order valence-corrected chi connectivity index (χ2v) is 6.48. The lowest BCUT2D eigenvalue weighted by Gasteiger charge is -2.22. The summed E-state index contributed by atoms with van der Waals surface area (Å²) in [5.74, 6) is 0.654. The van der Waals surface area contributed by atoms with Gasteiger partial charge in [0.25, 0.3) is 0 Å². The molecule has 4 nitrogen and oxygen atoms in total. The van der Waals surface area contributed by atoms with Crippen molar-refractivity contribution in [2.24, 2.45) is 5.92 Å². The number of nitrogens with zero attached hydrogens (tertiary/aromatic N) is 1. The third-order valence-electron chi connectivity index (χ3n) is 4.81. The Labute approximate surface area is 117 Å². The number of rotatable bonds is 7. The van der Waals surface area contributed by atoms with Gasteiger partial charge in [0.05, 0.1) is 13.2 Å². The highest BCUT2D eigenvalue weighted by Crippen LogP contribution is 2.29. The maximum atomic E-state index is 5.64. The quantitative estimate of drug-likeness (QED) is 0.716. The average molecular weight is 267 g/mol. The van der Waals surface area contributed by atoms with Crippen molar-refractivity contribution in [2.45, 2.75) is 50.7 Å². The van der Waals surface area contributed by atoms with Crippen LogP contribution in [0.15, 0.2) is 0 Å². The summed E-state index contributed by atoms with van der Waals surface area (Å²) >= 11 is 0. The highest BCUT2D eigenvalue weighted by molar-refractivity contribution is 4.92. The van der Waals surface area contributed by atoms with Crippen LogP contribution >= 0.6 is 0 Å². The number of nitrogens with one attached hydrogen (secondary N) is 2. The van der Waals surface area contributed by atoms with Crippen molar-refractivity contribution in [3.8, 4) is 0 Å². The standard InChI is InChI=1S/C15H29N3O/c1-2-6-16-15-11-19-10-12(15)8-17-13-5-7-18(9-13)14-3-4-14/h12-17H,2-11H2,1H3. The molecular formula is C15H29N3O. The lowest BCUT2D eigenvalue weighted by atomic mass is 10.0. The molecule has 2 aliphatic heterocycles. The molecule has 3 aliphatic rings. The average Bonchev–Trinajstić information content (AvgIpc) is 3.01. The normalized spacial score (nSPS) is 36.2. The second kappa shape index (κ2) is 6.53. The van der Waals surface area contributed by atoms with E-state index in [2.05, 4.69) is 22.5 Å². The Kier molecular flexibility index (Phi) is 4.74. The number of ether oxygens (including phenoxy) is 1. The molecule has 3 atom stereocenters. The van der Waals surface area contributed by atoms with Crippen LogP contribution in [0.4, 0.5) is 0 Å². The van der Waals surface area contributed by atoms with Gasteiger partial charge in [-0.25, -0.2) is 0 Å². The van der Waals surface area contributed by atoms with Gasteiger partial charge < -0.3 is 15.4 Å². The van der Waals surface area contributed by atoms with Gasteiger partial charge in [0, 0.05) is 43.7 Å². The first-order chi connectivity index (χ1) is 9.36. The van der Waals surface area contributed by atoms with E-state index in [1.807, 2.05) is 0 Å². The first-order valence-corrected chi connectivity index (χ1v) is 8.15. The SMILES string of the molecule is CCCNC1COCC1CNC1CCN(C2CC2)C1. The Balaban J connectivity index is 1.36. The molecule has 3 unspecified atom stereocenters. The van der Waals surface area contributed by atoms with Crippen LogP contribution in [0.3, 0.4) is 0 Å². The molecule has 0 bridgehead atoms. The van der Waals surface area contributed by atoms with E-state index in [1.165, 1.54) is 38.8 Å². The highest BCUT2D eigenvalue weighted by atomic mass is 16.5. The molecule has 0 radical (unpaired) electrons. The van der Waals surface area contributed by atoms with E-state index in [0.29, 0.717) is 18.0 Å². The maximum absolute atomic E-state index is 5.64. The minimum atomic E-state index is 0.563. The predicted molar refractivity (Wildman–Crippen MR) is 77.4 cm³/mol. The molecule has 0 amide bonds. The largest absolute Gasteiger partial charge is 0.379 e. The van der Waals surface area contributed by atoms with Crippen LogP contribution < -0.4 is 10.6 Å². The third-order valence-corrected chi connectivity index (χ3v) is 4.81. The molecule has 3 fully saturated rings. The van der Waals surface area contributed by atoms with E-state index >= 15 is 0 Å². The molecule has 2 saturated heterocycles. The topological polar surface area (TPSA) is 36.5 Å². The fourth-order valence-corrected chi connectivity index (χ4v) is 3.40. The fraction of sp³-hybridized carbons (Fsp3) is 1.00. The van der Waals surface area contributed by atoms with Gasteiger partial charge in [-0.1, -0.05) is 6.92 Å². The molecular weight excluding hydrogens is 238 g/mol. The number of likely N-dealkylation sites (tertiary alicyclic amines) is 1. The first-order valence-electron chi connectivity index (χ1n) is 8.15. The van der Waals surface area contributed by atoms with Crippen molar-refractivity contribution in [1.82, 2.24) is 15.5 Å². The van der Waals surface area contributed by atoms with Crippen LogP contribution in [-0.4, -0.2) is 62.4 Å². The summed E-state index contributed by atoms with van der Waals surface area (Å²) < 4.78 is 5.64. The van der Waals surface area contributed by atoms with E-state index in [0.717, 1.165) is 32.3 Å².